The van der Waals surface area contributed by atoms with Crippen molar-refractivity contribution < 1.29 is 9.18 Å². The summed E-state index contributed by atoms with van der Waals surface area (Å²) in [5, 5.41) is 2.02. The Morgan fingerprint density at radius 3 is 2.84 bits per heavy atom. The zero-order chi connectivity index (χ0) is 13.8. The third-order valence-electron chi connectivity index (χ3n) is 2.78. The molecule has 2 nitrogen and oxygen atoms in total. The molecule has 0 saturated carbocycles. The summed E-state index contributed by atoms with van der Waals surface area (Å²) in [7, 11) is 1.76. The Bertz CT molecular complexity index is 571. The van der Waals surface area contributed by atoms with Gasteiger partial charge in [-0.2, -0.15) is 0 Å². The third kappa shape index (κ3) is 3.64. The number of carbonyl (C=O) groups excluding carboxylic acids is 1. The number of carbonyl (C=O) groups is 1. The number of hydrogen-bond acceptors (Lipinski definition) is 2. The van der Waals surface area contributed by atoms with Crippen LogP contribution in [0.15, 0.2) is 40.2 Å². The molecule has 0 atom stereocenters. The van der Waals surface area contributed by atoms with Crippen molar-refractivity contribution in [3.63, 3.8) is 0 Å². The van der Waals surface area contributed by atoms with Crippen LogP contribution in [0.3, 0.4) is 0 Å². The Morgan fingerprint density at radius 2 is 2.21 bits per heavy atom. The molecular formula is C14H13BrFNOS. The number of amides is 1. The maximum atomic E-state index is 13.0. The minimum atomic E-state index is -0.357. The smallest absolute Gasteiger partial charge is 0.254 e. The zero-order valence-corrected chi connectivity index (χ0v) is 12.8. The van der Waals surface area contributed by atoms with Gasteiger partial charge in [-0.05, 0) is 52.0 Å². The number of benzene rings is 1. The van der Waals surface area contributed by atoms with E-state index in [1.807, 2.05) is 11.4 Å². The van der Waals surface area contributed by atoms with E-state index in [1.165, 1.54) is 23.1 Å². The van der Waals surface area contributed by atoms with Crippen LogP contribution in [0.25, 0.3) is 0 Å². The predicted molar refractivity (Wildman–Crippen MR) is 79.1 cm³/mol. The van der Waals surface area contributed by atoms with Crippen molar-refractivity contribution in [3.05, 3.63) is 56.4 Å². The molecule has 5 heteroatoms. The summed E-state index contributed by atoms with van der Waals surface area (Å²) >= 11 is 4.90. The quantitative estimate of drug-likeness (QED) is 0.824. The Hall–Kier alpha value is -1.20. The highest BCUT2D eigenvalue weighted by molar-refractivity contribution is 9.10. The van der Waals surface area contributed by atoms with Crippen LogP contribution >= 0.6 is 27.3 Å². The van der Waals surface area contributed by atoms with Crippen LogP contribution in [-0.4, -0.2) is 24.4 Å². The van der Waals surface area contributed by atoms with Gasteiger partial charge < -0.3 is 4.90 Å². The standard InChI is InChI=1S/C14H13BrFNOS/c1-17(7-6-11-3-2-8-19-11)14(18)12-5-4-10(16)9-13(12)15/h2-5,8-9H,6-7H2,1H3. The van der Waals surface area contributed by atoms with Crippen LogP contribution in [0.2, 0.25) is 0 Å². The van der Waals surface area contributed by atoms with Crippen LogP contribution in [0.5, 0.6) is 0 Å². The Kier molecular flexibility index (Phi) is 4.71. The molecule has 2 aromatic rings. The van der Waals surface area contributed by atoms with Gasteiger partial charge in [0.05, 0.1) is 5.56 Å². The van der Waals surface area contributed by atoms with Gasteiger partial charge in [0.15, 0.2) is 0 Å². The fourth-order valence-corrected chi connectivity index (χ4v) is 2.92. The molecule has 2 rings (SSSR count). The number of nitrogens with zero attached hydrogens (tertiary/aromatic N) is 1. The van der Waals surface area contributed by atoms with Gasteiger partial charge in [-0.15, -0.1) is 11.3 Å². The first-order valence-corrected chi connectivity index (χ1v) is 7.48. The molecule has 0 N–H and O–H groups in total. The topological polar surface area (TPSA) is 20.3 Å². The van der Waals surface area contributed by atoms with E-state index in [1.54, 1.807) is 23.3 Å². The average molecular weight is 342 g/mol. The van der Waals surface area contributed by atoms with Gasteiger partial charge in [0, 0.05) is 22.9 Å². The first-order valence-electron chi connectivity index (χ1n) is 5.81. The molecule has 0 unspecified atom stereocenters. The summed E-state index contributed by atoms with van der Waals surface area (Å²) < 4.78 is 13.5. The second-order valence-electron chi connectivity index (χ2n) is 4.18. The average Bonchev–Trinajstić information content (AvgIpc) is 2.88. The van der Waals surface area contributed by atoms with Gasteiger partial charge in [-0.25, -0.2) is 4.39 Å². The van der Waals surface area contributed by atoms with E-state index in [2.05, 4.69) is 22.0 Å². The summed E-state index contributed by atoms with van der Waals surface area (Å²) in [5.41, 5.74) is 0.482. The van der Waals surface area contributed by atoms with Crippen molar-refractivity contribution in [2.24, 2.45) is 0 Å². The van der Waals surface area contributed by atoms with Gasteiger partial charge in [-0.1, -0.05) is 6.07 Å². The highest BCUT2D eigenvalue weighted by Crippen LogP contribution is 2.19. The van der Waals surface area contributed by atoms with E-state index in [4.69, 9.17) is 0 Å². The van der Waals surface area contributed by atoms with E-state index < -0.39 is 0 Å². The lowest BCUT2D eigenvalue weighted by molar-refractivity contribution is 0.0796. The van der Waals surface area contributed by atoms with Gasteiger partial charge in [-0.3, -0.25) is 4.79 Å². The Labute approximate surface area is 124 Å². The molecule has 0 spiro atoms. The molecule has 1 aromatic carbocycles. The van der Waals surface area contributed by atoms with Gasteiger partial charge in [0.1, 0.15) is 5.82 Å². The second kappa shape index (κ2) is 6.30. The van der Waals surface area contributed by atoms with E-state index in [-0.39, 0.29) is 11.7 Å². The van der Waals surface area contributed by atoms with E-state index in [0.717, 1.165) is 6.42 Å². The van der Waals surface area contributed by atoms with E-state index in [0.29, 0.717) is 16.6 Å². The van der Waals surface area contributed by atoms with Crippen molar-refractivity contribution in [2.75, 3.05) is 13.6 Å². The molecule has 100 valence electrons. The lowest BCUT2D eigenvalue weighted by Gasteiger charge is -2.17. The summed E-state index contributed by atoms with van der Waals surface area (Å²) in [4.78, 5) is 15.1. The molecule has 0 saturated heterocycles. The largest absolute Gasteiger partial charge is 0.341 e. The molecule has 0 aliphatic rings. The Balaban J connectivity index is 2.02. The van der Waals surface area contributed by atoms with Crippen molar-refractivity contribution in [1.29, 1.82) is 0 Å². The number of hydrogen-bond donors (Lipinski definition) is 0. The monoisotopic (exact) mass is 341 g/mol. The highest BCUT2D eigenvalue weighted by Gasteiger charge is 2.15. The third-order valence-corrected chi connectivity index (χ3v) is 4.37. The minimum absolute atomic E-state index is 0.108. The maximum Gasteiger partial charge on any atom is 0.254 e. The summed E-state index contributed by atoms with van der Waals surface area (Å²) in [6.45, 7) is 0.642. The number of likely N-dealkylation sites (N-methyl/N-ethyl adjacent to an activating group) is 1. The molecule has 0 bridgehead atoms. The minimum Gasteiger partial charge on any atom is -0.341 e. The number of thiophene rings is 1. The van der Waals surface area contributed by atoms with E-state index in [9.17, 15) is 9.18 Å². The lowest BCUT2D eigenvalue weighted by Crippen LogP contribution is -2.29. The second-order valence-corrected chi connectivity index (χ2v) is 6.07. The molecule has 1 heterocycles. The maximum absolute atomic E-state index is 13.0. The fourth-order valence-electron chi connectivity index (χ4n) is 1.70. The Morgan fingerprint density at radius 1 is 1.42 bits per heavy atom. The molecule has 0 aliphatic heterocycles. The van der Waals surface area contributed by atoms with Crippen LogP contribution in [0.1, 0.15) is 15.2 Å². The summed E-state index contributed by atoms with van der Waals surface area (Å²) in [6.07, 6.45) is 0.832. The fraction of sp³-hybridized carbons (Fsp3) is 0.214. The first kappa shape index (κ1) is 14.2. The normalized spacial score (nSPS) is 10.5. The molecule has 0 fully saturated rings. The van der Waals surface area contributed by atoms with Gasteiger partial charge >= 0.3 is 0 Å². The van der Waals surface area contributed by atoms with Crippen molar-refractivity contribution in [3.8, 4) is 0 Å². The van der Waals surface area contributed by atoms with Crippen LogP contribution < -0.4 is 0 Å². The number of rotatable bonds is 4. The first-order chi connectivity index (χ1) is 9.08. The highest BCUT2D eigenvalue weighted by atomic mass is 79.9. The van der Waals surface area contributed by atoms with E-state index >= 15 is 0 Å². The van der Waals surface area contributed by atoms with Crippen molar-refractivity contribution >= 4 is 33.2 Å². The van der Waals surface area contributed by atoms with Gasteiger partial charge in [0.25, 0.3) is 5.91 Å². The summed E-state index contributed by atoms with van der Waals surface area (Å²) in [6, 6.07) is 8.16. The zero-order valence-electron chi connectivity index (χ0n) is 10.4. The SMILES string of the molecule is CN(CCc1cccs1)C(=O)c1ccc(F)cc1Br. The van der Waals surface area contributed by atoms with Crippen molar-refractivity contribution in [2.45, 2.75) is 6.42 Å². The van der Waals surface area contributed by atoms with Crippen LogP contribution in [0.4, 0.5) is 4.39 Å². The predicted octanol–water partition coefficient (Wildman–Crippen LogP) is 3.96. The number of halogens is 2. The van der Waals surface area contributed by atoms with Gasteiger partial charge in [0.2, 0.25) is 0 Å². The molecule has 0 radical (unpaired) electrons. The molecule has 0 aliphatic carbocycles. The molecular weight excluding hydrogens is 329 g/mol. The van der Waals surface area contributed by atoms with Crippen LogP contribution in [0, 0.1) is 5.82 Å². The van der Waals surface area contributed by atoms with Crippen LogP contribution in [-0.2, 0) is 6.42 Å². The molecule has 19 heavy (non-hydrogen) atoms. The lowest BCUT2D eigenvalue weighted by atomic mass is 10.2. The molecule has 1 aromatic heterocycles. The molecule has 1 amide bonds. The van der Waals surface area contributed by atoms with Crippen molar-refractivity contribution in [1.82, 2.24) is 4.90 Å². The summed E-state index contributed by atoms with van der Waals surface area (Å²) in [5.74, 6) is -0.465.